The first-order valence-corrected chi connectivity index (χ1v) is 6.01. The van der Waals surface area contributed by atoms with Gasteiger partial charge in [0.25, 0.3) is 0 Å². The zero-order valence-electron chi connectivity index (χ0n) is 9.86. The van der Waals surface area contributed by atoms with Gasteiger partial charge in [0, 0.05) is 5.69 Å². The number of fused-ring (bicyclic) bond motifs is 1. The number of nitrogens with zero attached hydrogens (tertiary/aromatic N) is 1. The highest BCUT2D eigenvalue weighted by molar-refractivity contribution is 5.56. The Hall–Kier alpha value is -2.16. The Kier molecular flexibility index (Phi) is 2.81. The maximum absolute atomic E-state index is 13.1. The highest BCUT2D eigenvalue weighted by Gasteiger charge is 1.99. The molecule has 0 aliphatic heterocycles. The van der Waals surface area contributed by atoms with Crippen molar-refractivity contribution in [2.24, 2.45) is 0 Å². The van der Waals surface area contributed by atoms with E-state index in [1.165, 1.54) is 17.4 Å². The van der Waals surface area contributed by atoms with Crippen molar-refractivity contribution in [3.63, 3.8) is 0 Å². The molecule has 0 fully saturated rings. The predicted molar refractivity (Wildman–Crippen MR) is 71.3 cm³/mol. The van der Waals surface area contributed by atoms with Crippen LogP contribution in [-0.2, 0) is 0 Å². The van der Waals surface area contributed by atoms with Crippen molar-refractivity contribution in [3.8, 4) is 0 Å². The molecule has 0 spiro atoms. The lowest BCUT2D eigenvalue weighted by molar-refractivity contribution is 0.628. The minimum atomic E-state index is -0.252. The monoisotopic (exact) mass is 240 g/mol. The van der Waals surface area contributed by atoms with Crippen LogP contribution in [0.3, 0.4) is 0 Å². The van der Waals surface area contributed by atoms with Crippen molar-refractivity contribution in [2.45, 2.75) is 12.8 Å². The molecule has 2 aromatic rings. The Bertz CT molecular complexity index is 692. The molecule has 1 aliphatic carbocycles. The first-order valence-electron chi connectivity index (χ1n) is 6.01. The molecule has 0 unspecified atom stereocenters. The van der Waals surface area contributed by atoms with Crippen LogP contribution in [0.25, 0.3) is 12.2 Å². The highest BCUT2D eigenvalue weighted by Crippen LogP contribution is 2.13. The molecule has 1 aromatic carbocycles. The van der Waals surface area contributed by atoms with Gasteiger partial charge < -0.3 is 5.32 Å². The van der Waals surface area contributed by atoms with Gasteiger partial charge in [0.2, 0.25) is 0 Å². The van der Waals surface area contributed by atoms with Crippen LogP contribution in [-0.4, -0.2) is 4.98 Å². The van der Waals surface area contributed by atoms with Gasteiger partial charge in [0.1, 0.15) is 11.6 Å². The molecule has 0 radical (unpaired) electrons. The summed E-state index contributed by atoms with van der Waals surface area (Å²) in [5.74, 6) is 0.490. The first kappa shape index (κ1) is 11.0. The molecule has 90 valence electrons. The van der Waals surface area contributed by atoms with Gasteiger partial charge in [0.05, 0.1) is 5.35 Å². The summed E-state index contributed by atoms with van der Waals surface area (Å²) < 4.78 is 13.1. The van der Waals surface area contributed by atoms with Gasteiger partial charge in [0.15, 0.2) is 0 Å². The molecule has 1 aliphatic rings. The molecule has 0 bridgehead atoms. The molecule has 0 amide bonds. The van der Waals surface area contributed by atoms with E-state index in [-0.39, 0.29) is 5.82 Å². The van der Waals surface area contributed by atoms with Crippen molar-refractivity contribution >= 4 is 23.7 Å². The molecule has 0 saturated carbocycles. The molecule has 2 nitrogen and oxygen atoms in total. The molecule has 0 atom stereocenters. The topological polar surface area (TPSA) is 24.9 Å². The van der Waals surface area contributed by atoms with Crippen molar-refractivity contribution < 1.29 is 4.39 Å². The Labute approximate surface area is 104 Å². The minimum Gasteiger partial charge on any atom is -0.340 e. The second kappa shape index (κ2) is 4.61. The van der Waals surface area contributed by atoms with E-state index in [0.717, 1.165) is 24.0 Å². The van der Waals surface area contributed by atoms with Crippen LogP contribution in [0.1, 0.15) is 12.8 Å². The largest absolute Gasteiger partial charge is 0.340 e. The second-order valence-corrected chi connectivity index (χ2v) is 4.29. The summed E-state index contributed by atoms with van der Waals surface area (Å²) >= 11 is 0. The number of pyridine rings is 1. The van der Waals surface area contributed by atoms with Crippen LogP contribution in [0.15, 0.2) is 36.4 Å². The summed E-state index contributed by atoms with van der Waals surface area (Å²) in [6, 6.07) is 10.3. The van der Waals surface area contributed by atoms with Crippen LogP contribution >= 0.6 is 0 Å². The molecular weight excluding hydrogens is 227 g/mol. The number of hydrogen-bond donors (Lipinski definition) is 1. The molecule has 3 heteroatoms. The van der Waals surface area contributed by atoms with Crippen LogP contribution in [0.2, 0.25) is 0 Å². The third kappa shape index (κ3) is 2.25. The lowest BCUT2D eigenvalue weighted by Crippen LogP contribution is -2.30. The van der Waals surface area contributed by atoms with Crippen molar-refractivity contribution in [2.75, 3.05) is 5.32 Å². The summed E-state index contributed by atoms with van der Waals surface area (Å²) in [5.41, 5.74) is 0.710. The first-order chi connectivity index (χ1) is 8.81. The Morgan fingerprint density at radius 3 is 2.83 bits per heavy atom. The van der Waals surface area contributed by atoms with E-state index in [0.29, 0.717) is 5.69 Å². The van der Waals surface area contributed by atoms with E-state index >= 15 is 0 Å². The third-order valence-corrected chi connectivity index (χ3v) is 2.92. The highest BCUT2D eigenvalue weighted by atomic mass is 19.1. The van der Waals surface area contributed by atoms with Crippen molar-refractivity contribution in [3.05, 3.63) is 52.8 Å². The zero-order valence-corrected chi connectivity index (χ0v) is 9.86. The number of hydrogen-bond acceptors (Lipinski definition) is 2. The molecule has 3 rings (SSSR count). The molecule has 1 aromatic heterocycles. The van der Waals surface area contributed by atoms with Gasteiger partial charge >= 0.3 is 0 Å². The standard InChI is InChI=1S/C15H13FN2/c16-12-5-3-6-13(10-12)17-15-9-8-11-4-1-2-7-14(11)18-15/h3-10H,1-2H2,(H,17,18). The Morgan fingerprint density at radius 2 is 1.94 bits per heavy atom. The van der Waals surface area contributed by atoms with E-state index in [1.54, 1.807) is 6.07 Å². The van der Waals surface area contributed by atoms with Gasteiger partial charge in [-0.2, -0.15) is 0 Å². The maximum atomic E-state index is 13.1. The van der Waals surface area contributed by atoms with Crippen LogP contribution in [0.4, 0.5) is 15.9 Å². The smallest absolute Gasteiger partial charge is 0.131 e. The molecular formula is C15H13FN2. The summed E-state index contributed by atoms with van der Waals surface area (Å²) in [7, 11) is 0. The summed E-state index contributed by atoms with van der Waals surface area (Å²) in [6.45, 7) is 0. The van der Waals surface area contributed by atoms with E-state index in [1.807, 2.05) is 18.2 Å². The Morgan fingerprint density at radius 1 is 1.06 bits per heavy atom. The molecule has 18 heavy (non-hydrogen) atoms. The lowest BCUT2D eigenvalue weighted by Gasteiger charge is -2.06. The fraction of sp³-hybridized carbons (Fsp3) is 0.133. The third-order valence-electron chi connectivity index (χ3n) is 2.92. The number of nitrogens with one attached hydrogen (secondary N) is 1. The summed E-state index contributed by atoms with van der Waals surface area (Å²) in [5, 5.41) is 5.28. The van der Waals surface area contributed by atoms with E-state index in [4.69, 9.17) is 0 Å². The SMILES string of the molecule is Fc1cccc(Nc2ccc3c(n2)=CCCC=3)c1. The summed E-state index contributed by atoms with van der Waals surface area (Å²) in [4.78, 5) is 4.52. The van der Waals surface area contributed by atoms with Gasteiger partial charge in [-0.15, -0.1) is 0 Å². The van der Waals surface area contributed by atoms with Crippen LogP contribution < -0.4 is 15.9 Å². The number of anilines is 2. The van der Waals surface area contributed by atoms with Crippen LogP contribution in [0.5, 0.6) is 0 Å². The number of rotatable bonds is 2. The second-order valence-electron chi connectivity index (χ2n) is 4.29. The number of halogens is 1. The number of benzene rings is 1. The van der Waals surface area contributed by atoms with Gasteiger partial charge in [-0.05, 0) is 48.4 Å². The zero-order chi connectivity index (χ0) is 12.4. The van der Waals surface area contributed by atoms with Gasteiger partial charge in [-0.1, -0.05) is 18.2 Å². The number of aromatic nitrogens is 1. The van der Waals surface area contributed by atoms with Gasteiger partial charge in [-0.25, -0.2) is 9.37 Å². The average Bonchev–Trinajstić information content (AvgIpc) is 2.39. The fourth-order valence-electron chi connectivity index (χ4n) is 2.06. The average molecular weight is 240 g/mol. The van der Waals surface area contributed by atoms with Crippen LogP contribution in [0, 0.1) is 5.82 Å². The normalized spacial score (nSPS) is 13.2. The maximum Gasteiger partial charge on any atom is 0.131 e. The Balaban J connectivity index is 1.95. The molecule has 0 saturated heterocycles. The quantitative estimate of drug-likeness (QED) is 0.871. The molecule has 1 heterocycles. The van der Waals surface area contributed by atoms with Crippen molar-refractivity contribution in [1.29, 1.82) is 0 Å². The minimum absolute atomic E-state index is 0.252. The van der Waals surface area contributed by atoms with E-state index < -0.39 is 0 Å². The molecule has 1 N–H and O–H groups in total. The fourth-order valence-corrected chi connectivity index (χ4v) is 2.06. The predicted octanol–water partition coefficient (Wildman–Crippen LogP) is 2.32. The van der Waals surface area contributed by atoms with E-state index in [9.17, 15) is 4.39 Å². The summed E-state index contributed by atoms with van der Waals surface area (Å²) in [6.07, 6.45) is 6.43. The lowest BCUT2D eigenvalue weighted by atomic mass is 10.1. The van der Waals surface area contributed by atoms with Gasteiger partial charge in [-0.3, -0.25) is 0 Å². The van der Waals surface area contributed by atoms with Crippen molar-refractivity contribution in [1.82, 2.24) is 4.98 Å². The van der Waals surface area contributed by atoms with E-state index in [2.05, 4.69) is 22.5 Å².